The van der Waals surface area contributed by atoms with Crippen LogP contribution in [0.3, 0.4) is 0 Å². The lowest BCUT2D eigenvalue weighted by atomic mass is 9.99. The van der Waals surface area contributed by atoms with Crippen LogP contribution in [0.15, 0.2) is 8.68 Å². The van der Waals surface area contributed by atoms with E-state index in [0.29, 0.717) is 20.5 Å². The van der Waals surface area contributed by atoms with Gasteiger partial charge < -0.3 is 10.0 Å². The highest BCUT2D eigenvalue weighted by Crippen LogP contribution is 2.41. The van der Waals surface area contributed by atoms with Crippen LogP contribution in [0.2, 0.25) is 0 Å². The maximum atomic E-state index is 11.7. The van der Waals surface area contributed by atoms with Gasteiger partial charge in [0.2, 0.25) is 5.13 Å². The van der Waals surface area contributed by atoms with Crippen LogP contribution in [0.5, 0.6) is 0 Å². The van der Waals surface area contributed by atoms with E-state index in [0.717, 1.165) is 41.9 Å². The van der Waals surface area contributed by atoms with E-state index in [1.165, 1.54) is 16.0 Å². The standard InChI is InChI=1S/C17H23BrN4O2S2/c1-9(2)25-16-14(21-7-5-10(3)6-8-21)19-17(26-16)22-13(15(23)24)12(18)11(4)20-22/h9-10H,5-8H2,1-4H3,(H,23,24). The molecule has 26 heavy (non-hydrogen) atoms. The van der Waals surface area contributed by atoms with Crippen molar-refractivity contribution >= 4 is 50.8 Å². The number of thioether (sulfide) groups is 1. The average molecular weight is 459 g/mol. The summed E-state index contributed by atoms with van der Waals surface area (Å²) in [6, 6.07) is 0. The fraction of sp³-hybridized carbons (Fsp3) is 0.588. The SMILES string of the molecule is Cc1nn(-c2nc(N3CCC(C)CC3)c(SC(C)C)s2)c(C(=O)O)c1Br. The fourth-order valence-corrected chi connectivity index (χ4v) is 5.82. The van der Waals surface area contributed by atoms with Crippen molar-refractivity contribution in [2.75, 3.05) is 18.0 Å². The van der Waals surface area contributed by atoms with E-state index in [2.05, 4.69) is 46.7 Å². The molecule has 3 heterocycles. The number of halogens is 1. The van der Waals surface area contributed by atoms with Gasteiger partial charge in [-0.05, 0) is 41.6 Å². The van der Waals surface area contributed by atoms with Gasteiger partial charge in [0.25, 0.3) is 0 Å². The zero-order valence-corrected chi connectivity index (χ0v) is 18.5. The predicted octanol–water partition coefficient (Wildman–Crippen LogP) is 4.83. The van der Waals surface area contributed by atoms with Crippen molar-refractivity contribution in [3.05, 3.63) is 15.9 Å². The fourth-order valence-electron chi connectivity index (χ4n) is 2.92. The van der Waals surface area contributed by atoms with Gasteiger partial charge in [0.1, 0.15) is 4.21 Å². The van der Waals surface area contributed by atoms with Crippen molar-refractivity contribution in [2.45, 2.75) is 50.0 Å². The zero-order chi connectivity index (χ0) is 19.0. The summed E-state index contributed by atoms with van der Waals surface area (Å²) in [6.07, 6.45) is 2.32. The minimum absolute atomic E-state index is 0.121. The smallest absolute Gasteiger partial charge is 0.355 e. The van der Waals surface area contributed by atoms with Crippen LogP contribution in [0.25, 0.3) is 5.13 Å². The summed E-state index contributed by atoms with van der Waals surface area (Å²) in [4.78, 5) is 18.9. The third-order valence-corrected chi connectivity index (χ3v) is 7.54. The second kappa shape index (κ2) is 7.90. The van der Waals surface area contributed by atoms with E-state index in [-0.39, 0.29) is 5.69 Å². The van der Waals surface area contributed by atoms with E-state index >= 15 is 0 Å². The van der Waals surface area contributed by atoms with Gasteiger partial charge in [-0.1, -0.05) is 32.1 Å². The molecule has 1 fully saturated rings. The van der Waals surface area contributed by atoms with Crippen molar-refractivity contribution in [1.29, 1.82) is 0 Å². The van der Waals surface area contributed by atoms with Crippen LogP contribution in [0, 0.1) is 12.8 Å². The summed E-state index contributed by atoms with van der Waals surface area (Å²) >= 11 is 6.63. The molecule has 0 radical (unpaired) electrons. The first-order chi connectivity index (χ1) is 12.3. The van der Waals surface area contributed by atoms with Gasteiger partial charge in [-0.3, -0.25) is 0 Å². The van der Waals surface area contributed by atoms with Crippen LogP contribution < -0.4 is 4.90 Å². The lowest BCUT2D eigenvalue weighted by Gasteiger charge is -2.31. The van der Waals surface area contributed by atoms with Crippen LogP contribution in [0.1, 0.15) is 49.8 Å². The van der Waals surface area contributed by atoms with E-state index in [4.69, 9.17) is 4.98 Å². The summed E-state index contributed by atoms with van der Waals surface area (Å²) in [5.41, 5.74) is 0.764. The van der Waals surface area contributed by atoms with Crippen molar-refractivity contribution in [1.82, 2.24) is 14.8 Å². The average Bonchev–Trinajstić information content (AvgIpc) is 3.09. The van der Waals surface area contributed by atoms with Gasteiger partial charge in [-0.15, -0.1) is 11.8 Å². The molecule has 0 aromatic carbocycles. The Balaban J connectivity index is 2.04. The highest BCUT2D eigenvalue weighted by atomic mass is 79.9. The molecular formula is C17H23BrN4O2S2. The molecule has 1 N–H and O–H groups in total. The molecule has 1 aliphatic rings. The molecule has 0 spiro atoms. The molecule has 0 bridgehead atoms. The van der Waals surface area contributed by atoms with Crippen molar-refractivity contribution < 1.29 is 9.90 Å². The van der Waals surface area contributed by atoms with Gasteiger partial charge >= 0.3 is 5.97 Å². The predicted molar refractivity (Wildman–Crippen MR) is 110 cm³/mol. The summed E-state index contributed by atoms with van der Waals surface area (Å²) in [5, 5.41) is 15.0. The number of carboxylic acids is 1. The zero-order valence-electron chi connectivity index (χ0n) is 15.3. The molecular weight excluding hydrogens is 436 g/mol. The summed E-state index contributed by atoms with van der Waals surface area (Å²) in [6.45, 7) is 10.4. The first kappa shape index (κ1) is 19.7. The Morgan fingerprint density at radius 2 is 2.04 bits per heavy atom. The molecule has 1 saturated heterocycles. The molecule has 1 aliphatic heterocycles. The Hall–Kier alpha value is -1.06. The largest absolute Gasteiger partial charge is 0.476 e. The number of carboxylic acid groups (broad SMARTS) is 1. The Labute approximate surface area is 170 Å². The number of aryl methyl sites for hydroxylation is 1. The first-order valence-electron chi connectivity index (χ1n) is 8.69. The molecule has 0 aliphatic carbocycles. The third kappa shape index (κ3) is 3.94. The third-order valence-electron chi connectivity index (χ3n) is 4.37. The summed E-state index contributed by atoms with van der Waals surface area (Å²) in [5.74, 6) is 0.698. The Morgan fingerprint density at radius 1 is 1.38 bits per heavy atom. The van der Waals surface area contributed by atoms with Gasteiger partial charge in [0, 0.05) is 18.3 Å². The lowest BCUT2D eigenvalue weighted by molar-refractivity contribution is 0.0686. The number of rotatable bonds is 5. The number of hydrogen-bond acceptors (Lipinski definition) is 6. The van der Waals surface area contributed by atoms with Gasteiger partial charge in [0.15, 0.2) is 11.5 Å². The first-order valence-corrected chi connectivity index (χ1v) is 11.2. The number of carbonyl (C=O) groups is 1. The Kier molecular flexibility index (Phi) is 5.98. The topological polar surface area (TPSA) is 71.2 Å². The van der Waals surface area contributed by atoms with E-state index in [1.54, 1.807) is 18.7 Å². The maximum absolute atomic E-state index is 11.7. The second-order valence-corrected chi connectivity index (χ2v) is 10.5. The molecule has 142 valence electrons. The van der Waals surface area contributed by atoms with Crippen LogP contribution in [0.4, 0.5) is 5.82 Å². The van der Waals surface area contributed by atoms with E-state index in [1.807, 2.05) is 0 Å². The number of piperidine rings is 1. The Bertz CT molecular complexity index is 810. The quantitative estimate of drug-likeness (QED) is 0.646. The number of hydrogen-bond donors (Lipinski definition) is 1. The normalized spacial score (nSPS) is 15.8. The molecule has 0 saturated carbocycles. The van der Waals surface area contributed by atoms with Crippen LogP contribution in [-0.4, -0.2) is 44.2 Å². The van der Waals surface area contributed by atoms with Crippen LogP contribution >= 0.6 is 39.0 Å². The number of anilines is 1. The monoisotopic (exact) mass is 458 g/mol. The van der Waals surface area contributed by atoms with Gasteiger partial charge in [0.05, 0.1) is 10.2 Å². The maximum Gasteiger partial charge on any atom is 0.355 e. The molecule has 2 aromatic rings. The minimum atomic E-state index is -1.01. The van der Waals surface area contributed by atoms with Crippen LogP contribution in [-0.2, 0) is 0 Å². The highest BCUT2D eigenvalue weighted by Gasteiger charge is 2.27. The van der Waals surface area contributed by atoms with Gasteiger partial charge in [-0.2, -0.15) is 14.8 Å². The van der Waals surface area contributed by atoms with Gasteiger partial charge in [-0.25, -0.2) is 4.79 Å². The molecule has 9 heteroatoms. The molecule has 0 amide bonds. The van der Waals surface area contributed by atoms with E-state index < -0.39 is 5.97 Å². The molecule has 2 aromatic heterocycles. The Morgan fingerprint density at radius 3 is 2.62 bits per heavy atom. The molecule has 0 atom stereocenters. The molecule has 0 unspecified atom stereocenters. The van der Waals surface area contributed by atoms with Crippen molar-refractivity contribution in [3.63, 3.8) is 0 Å². The number of aromatic carboxylic acids is 1. The number of nitrogens with zero attached hydrogens (tertiary/aromatic N) is 4. The number of aromatic nitrogens is 3. The van der Waals surface area contributed by atoms with Crippen molar-refractivity contribution in [2.24, 2.45) is 5.92 Å². The summed E-state index contributed by atoms with van der Waals surface area (Å²) < 4.78 is 3.09. The van der Waals surface area contributed by atoms with Crippen molar-refractivity contribution in [3.8, 4) is 5.13 Å². The second-order valence-electron chi connectivity index (χ2n) is 6.91. The van der Waals surface area contributed by atoms with E-state index in [9.17, 15) is 9.90 Å². The molecule has 3 rings (SSSR count). The molecule has 6 nitrogen and oxygen atoms in total. The minimum Gasteiger partial charge on any atom is -0.476 e. The lowest BCUT2D eigenvalue weighted by Crippen LogP contribution is -2.33. The number of thiazole rings is 1. The summed E-state index contributed by atoms with van der Waals surface area (Å²) in [7, 11) is 0. The highest BCUT2D eigenvalue weighted by molar-refractivity contribution is 9.10.